The number of rotatable bonds is 13. The Kier molecular flexibility index (Phi) is 11.5. The van der Waals surface area contributed by atoms with Crippen LogP contribution in [0.25, 0.3) is 0 Å². The summed E-state index contributed by atoms with van der Waals surface area (Å²) in [6.45, 7) is 1.55. The van der Waals surface area contributed by atoms with Crippen molar-refractivity contribution in [3.8, 4) is 0 Å². The Morgan fingerprint density at radius 2 is 2.10 bits per heavy atom. The summed E-state index contributed by atoms with van der Waals surface area (Å²) in [6, 6.07) is 3.66. The molecule has 0 bridgehead atoms. The first-order chi connectivity index (χ1) is 14.8. The third-order valence-corrected chi connectivity index (χ3v) is 7.32. The maximum atomic E-state index is 11.8. The van der Waals surface area contributed by atoms with Crippen LogP contribution in [0, 0.1) is 11.8 Å². The van der Waals surface area contributed by atoms with E-state index in [0.717, 1.165) is 30.6 Å². The van der Waals surface area contributed by atoms with Gasteiger partial charge in [-0.25, -0.2) is 4.79 Å². The van der Waals surface area contributed by atoms with E-state index in [4.69, 9.17) is 21.4 Å². The fourth-order valence-electron chi connectivity index (χ4n) is 4.05. The Bertz CT molecular complexity index is 691. The Labute approximate surface area is 193 Å². The molecule has 1 saturated carbocycles. The molecule has 1 aliphatic rings. The third kappa shape index (κ3) is 8.83. The molecule has 0 aliphatic heterocycles. The van der Waals surface area contributed by atoms with Crippen molar-refractivity contribution in [2.24, 2.45) is 11.8 Å². The molecule has 0 saturated heterocycles. The van der Waals surface area contributed by atoms with Crippen molar-refractivity contribution in [3.05, 3.63) is 34.0 Å². The van der Waals surface area contributed by atoms with Gasteiger partial charge in [0.25, 0.3) is 0 Å². The van der Waals surface area contributed by atoms with Crippen molar-refractivity contribution in [1.29, 1.82) is 0 Å². The Morgan fingerprint density at radius 3 is 2.81 bits per heavy atom. The lowest BCUT2D eigenvalue weighted by Crippen LogP contribution is -2.19. The molecule has 6 atom stereocenters. The Morgan fingerprint density at radius 1 is 1.32 bits per heavy atom. The fourth-order valence-corrected chi connectivity index (χ4v) is 5.47. The van der Waals surface area contributed by atoms with Crippen LogP contribution in [0.3, 0.4) is 0 Å². The molecule has 1 fully saturated rings. The lowest BCUT2D eigenvalue weighted by Gasteiger charge is -2.21. The van der Waals surface area contributed by atoms with Gasteiger partial charge in [0.15, 0.2) is 0 Å². The molecule has 176 valence electrons. The summed E-state index contributed by atoms with van der Waals surface area (Å²) in [4.78, 5) is 13.5. The number of esters is 1. The fraction of sp³-hybridized carbons (Fsp3) is 0.696. The molecule has 2 rings (SSSR count). The Balaban J connectivity index is 1.83. The summed E-state index contributed by atoms with van der Waals surface area (Å²) in [5, 5.41) is 38.5. The van der Waals surface area contributed by atoms with Gasteiger partial charge in [-0.2, -0.15) is 0 Å². The van der Waals surface area contributed by atoms with Crippen LogP contribution in [-0.4, -0.2) is 63.3 Å². The predicted molar refractivity (Wildman–Crippen MR) is 123 cm³/mol. The van der Waals surface area contributed by atoms with Gasteiger partial charge in [0.05, 0.1) is 24.9 Å². The van der Waals surface area contributed by atoms with Gasteiger partial charge in [-0.15, -0.1) is 22.9 Å². The third-order valence-electron chi connectivity index (χ3n) is 5.70. The zero-order valence-electron chi connectivity index (χ0n) is 18.0. The van der Waals surface area contributed by atoms with Crippen molar-refractivity contribution >= 4 is 28.9 Å². The van der Waals surface area contributed by atoms with Crippen molar-refractivity contribution in [2.45, 2.75) is 75.6 Å². The summed E-state index contributed by atoms with van der Waals surface area (Å²) in [5.41, 5.74) is 0. The number of ether oxygens (including phenoxy) is 1. The summed E-state index contributed by atoms with van der Waals surface area (Å²) in [7, 11) is 0. The number of aliphatic hydroxyl groups is 4. The molecular weight excluding hydrogens is 440 g/mol. The van der Waals surface area contributed by atoms with Gasteiger partial charge in [0.1, 0.15) is 11.5 Å². The zero-order valence-corrected chi connectivity index (χ0v) is 19.6. The lowest BCUT2D eigenvalue weighted by molar-refractivity contribution is 0.0439. The second-order valence-electron chi connectivity index (χ2n) is 8.31. The van der Waals surface area contributed by atoms with Crippen LogP contribution in [-0.2, 0) is 11.2 Å². The number of hydrogen-bond acceptors (Lipinski definition) is 7. The smallest absolute Gasteiger partial charge is 0.348 e. The number of aryl methyl sites for hydroxylation is 1. The van der Waals surface area contributed by atoms with Gasteiger partial charge in [-0.1, -0.05) is 12.2 Å². The highest BCUT2D eigenvalue weighted by Gasteiger charge is 2.39. The molecule has 0 unspecified atom stereocenters. The maximum absolute atomic E-state index is 11.8. The van der Waals surface area contributed by atoms with E-state index in [1.807, 2.05) is 12.1 Å². The largest absolute Gasteiger partial charge is 0.459 e. The minimum absolute atomic E-state index is 0.00263. The molecule has 4 N–H and O–H groups in total. The first-order valence-corrected chi connectivity index (χ1v) is 12.3. The summed E-state index contributed by atoms with van der Waals surface area (Å²) >= 11 is 7.91. The number of aliphatic hydroxyl groups excluding tert-OH is 4. The highest BCUT2D eigenvalue weighted by molar-refractivity contribution is 7.13. The van der Waals surface area contributed by atoms with Crippen LogP contribution in [0.1, 0.15) is 60.0 Å². The van der Waals surface area contributed by atoms with Gasteiger partial charge in [0, 0.05) is 16.2 Å². The average Bonchev–Trinajstić information content (AvgIpc) is 3.29. The highest BCUT2D eigenvalue weighted by Crippen LogP contribution is 2.40. The number of hydrogen-bond donors (Lipinski definition) is 4. The molecule has 0 radical (unpaired) electrons. The van der Waals surface area contributed by atoms with Crippen molar-refractivity contribution < 1.29 is 30.0 Å². The molecule has 1 heterocycles. The number of carbonyl (C=O) groups is 1. The normalized spacial score (nSPS) is 25.7. The van der Waals surface area contributed by atoms with E-state index >= 15 is 0 Å². The van der Waals surface area contributed by atoms with Crippen molar-refractivity contribution in [3.63, 3.8) is 0 Å². The average molecular weight is 475 g/mol. The maximum Gasteiger partial charge on any atom is 0.348 e. The van der Waals surface area contributed by atoms with E-state index in [-0.39, 0.29) is 36.5 Å². The van der Waals surface area contributed by atoms with Gasteiger partial charge in [0.2, 0.25) is 0 Å². The van der Waals surface area contributed by atoms with Crippen molar-refractivity contribution in [1.82, 2.24) is 0 Å². The minimum Gasteiger partial charge on any atom is -0.459 e. The second-order valence-corrected chi connectivity index (χ2v) is 10.0. The predicted octanol–water partition coefficient (Wildman–Crippen LogP) is 3.29. The second kappa shape index (κ2) is 13.6. The molecule has 31 heavy (non-hydrogen) atoms. The standard InChI is InChI=1S/C23H35ClO6S/c1-15(26)4-2-5-16(27)8-10-19-18(20(24)14-21(19)28)7-3-6-17-9-11-22(31-17)23(29)30-13-12-25/h8-11,15-16,18-21,25-28H,2-7,12-14H2,1H3/b10-8+/t15-,16-,18+,19+,20+,21+/m0/s1. The van der Waals surface area contributed by atoms with E-state index < -0.39 is 18.2 Å². The van der Waals surface area contributed by atoms with E-state index in [1.54, 1.807) is 19.1 Å². The molecule has 1 aromatic heterocycles. The summed E-state index contributed by atoms with van der Waals surface area (Å²) in [5.74, 6) is -0.366. The monoisotopic (exact) mass is 474 g/mol. The first kappa shape index (κ1) is 26.3. The van der Waals surface area contributed by atoms with Crippen LogP contribution >= 0.6 is 22.9 Å². The van der Waals surface area contributed by atoms with Gasteiger partial charge in [-0.05, 0) is 69.9 Å². The topological polar surface area (TPSA) is 107 Å². The minimum atomic E-state index is -0.587. The molecule has 8 heteroatoms. The van der Waals surface area contributed by atoms with Crippen LogP contribution in [0.2, 0.25) is 0 Å². The number of alkyl halides is 1. The van der Waals surface area contributed by atoms with Crippen LogP contribution in [0.5, 0.6) is 0 Å². The van der Waals surface area contributed by atoms with Gasteiger partial charge >= 0.3 is 5.97 Å². The summed E-state index contributed by atoms with van der Waals surface area (Å²) in [6.07, 6.45) is 7.27. The summed E-state index contributed by atoms with van der Waals surface area (Å²) < 4.78 is 4.93. The number of carbonyl (C=O) groups excluding carboxylic acids is 1. The molecule has 6 nitrogen and oxygen atoms in total. The first-order valence-electron chi connectivity index (χ1n) is 11.0. The van der Waals surface area contributed by atoms with E-state index in [2.05, 4.69) is 0 Å². The molecule has 1 aromatic rings. The van der Waals surface area contributed by atoms with Crippen LogP contribution < -0.4 is 0 Å². The molecule has 0 aromatic carbocycles. The van der Waals surface area contributed by atoms with Crippen molar-refractivity contribution in [2.75, 3.05) is 13.2 Å². The van der Waals surface area contributed by atoms with Gasteiger partial charge < -0.3 is 25.2 Å². The quantitative estimate of drug-likeness (QED) is 0.198. The number of halogens is 1. The lowest BCUT2D eigenvalue weighted by atomic mass is 9.89. The van der Waals surface area contributed by atoms with E-state index in [0.29, 0.717) is 24.1 Å². The van der Waals surface area contributed by atoms with E-state index in [9.17, 15) is 20.1 Å². The molecule has 1 aliphatic carbocycles. The highest BCUT2D eigenvalue weighted by atomic mass is 35.5. The molecule has 0 spiro atoms. The Hall–Kier alpha value is -0.960. The van der Waals surface area contributed by atoms with Crippen LogP contribution in [0.4, 0.5) is 0 Å². The SMILES string of the molecule is C[C@H](O)CCC[C@H](O)/C=C/[C@@H]1[C@@H](CCCc2ccc(C(=O)OCCO)s2)[C@H](Cl)C[C@H]1O. The van der Waals surface area contributed by atoms with Crippen LogP contribution in [0.15, 0.2) is 24.3 Å². The zero-order chi connectivity index (χ0) is 22.8. The molecular formula is C23H35ClO6S. The van der Waals surface area contributed by atoms with Gasteiger partial charge in [-0.3, -0.25) is 0 Å². The number of thiophene rings is 1. The molecule has 0 amide bonds. The van der Waals surface area contributed by atoms with E-state index in [1.165, 1.54) is 11.3 Å².